The summed E-state index contributed by atoms with van der Waals surface area (Å²) in [5.41, 5.74) is 5.69. The average Bonchev–Trinajstić information content (AvgIpc) is 2.63. The summed E-state index contributed by atoms with van der Waals surface area (Å²) in [6.07, 6.45) is 1.55. The molecule has 1 N–H and O–H groups in total. The van der Waals surface area contributed by atoms with E-state index in [-0.39, 0.29) is 5.91 Å². The number of nitrogens with zero attached hydrogens (tertiary/aromatic N) is 1. The van der Waals surface area contributed by atoms with Crippen LogP contribution in [0.25, 0.3) is 0 Å². The smallest absolute Gasteiger partial charge is 0.250 e. The number of methoxy groups -OCH3 is 2. The molecule has 2 rings (SSSR count). The summed E-state index contributed by atoms with van der Waals surface area (Å²) in [7, 11) is 3.18. The minimum Gasteiger partial charge on any atom is -0.497 e. The Morgan fingerprint density at radius 3 is 2.60 bits per heavy atom. The van der Waals surface area contributed by atoms with E-state index in [0.717, 1.165) is 11.3 Å². The summed E-state index contributed by atoms with van der Waals surface area (Å²) < 4.78 is 10.4. The fraction of sp³-hybridized carbons (Fsp3) is 0.263. The Kier molecular flexibility index (Phi) is 7.35. The summed E-state index contributed by atoms with van der Waals surface area (Å²) in [5.74, 6) is 2.35. The maximum Gasteiger partial charge on any atom is 0.250 e. The SMILES string of the molecule is COc1ccc(OC)c(/C=N\NC(=O)CSCc2ccc(C)cc2)c1. The molecule has 2 aromatic carbocycles. The second kappa shape index (κ2) is 9.74. The quantitative estimate of drug-likeness (QED) is 0.580. The molecule has 1 amide bonds. The van der Waals surface area contributed by atoms with Crippen LogP contribution in [0.4, 0.5) is 0 Å². The van der Waals surface area contributed by atoms with Crippen molar-refractivity contribution in [2.24, 2.45) is 5.10 Å². The molecule has 6 heteroatoms. The van der Waals surface area contributed by atoms with Crippen LogP contribution >= 0.6 is 11.8 Å². The summed E-state index contributed by atoms with van der Waals surface area (Å²) in [4.78, 5) is 11.9. The zero-order chi connectivity index (χ0) is 18.1. The van der Waals surface area contributed by atoms with Crippen LogP contribution in [0, 0.1) is 6.92 Å². The van der Waals surface area contributed by atoms with Crippen molar-refractivity contribution in [3.8, 4) is 11.5 Å². The lowest BCUT2D eigenvalue weighted by Gasteiger charge is -2.06. The Hall–Kier alpha value is -2.47. The lowest BCUT2D eigenvalue weighted by molar-refractivity contribution is -0.118. The normalized spacial score (nSPS) is 10.7. The topological polar surface area (TPSA) is 59.9 Å². The summed E-state index contributed by atoms with van der Waals surface area (Å²) in [6.45, 7) is 2.06. The zero-order valence-electron chi connectivity index (χ0n) is 14.6. The van der Waals surface area contributed by atoms with E-state index < -0.39 is 0 Å². The molecule has 0 saturated heterocycles. The third-order valence-electron chi connectivity index (χ3n) is 3.45. The van der Waals surface area contributed by atoms with E-state index in [1.807, 2.05) is 0 Å². The van der Waals surface area contributed by atoms with Gasteiger partial charge in [0.25, 0.3) is 0 Å². The molecule has 0 atom stereocenters. The van der Waals surface area contributed by atoms with Gasteiger partial charge < -0.3 is 9.47 Å². The van der Waals surface area contributed by atoms with Crippen molar-refractivity contribution in [3.63, 3.8) is 0 Å². The van der Waals surface area contributed by atoms with Gasteiger partial charge in [-0.2, -0.15) is 5.10 Å². The van der Waals surface area contributed by atoms with E-state index in [1.54, 1.807) is 50.4 Å². The molecule has 0 aliphatic carbocycles. The Morgan fingerprint density at radius 1 is 1.16 bits per heavy atom. The number of carbonyl (C=O) groups excluding carboxylic acids is 1. The Morgan fingerprint density at radius 2 is 1.92 bits per heavy atom. The third-order valence-corrected chi connectivity index (χ3v) is 4.46. The molecule has 0 radical (unpaired) electrons. The second-order valence-electron chi connectivity index (χ2n) is 5.38. The first-order valence-corrected chi connectivity index (χ1v) is 8.95. The van der Waals surface area contributed by atoms with Gasteiger partial charge in [-0.3, -0.25) is 4.79 Å². The molecule has 0 spiro atoms. The highest BCUT2D eigenvalue weighted by Gasteiger charge is 2.04. The van der Waals surface area contributed by atoms with Gasteiger partial charge >= 0.3 is 0 Å². The standard InChI is InChI=1S/C19H22N2O3S/c1-14-4-6-15(7-5-14)12-25-13-19(22)21-20-11-16-10-17(23-2)8-9-18(16)24-3/h4-11H,12-13H2,1-3H3,(H,21,22)/b20-11-. The average molecular weight is 358 g/mol. The molecule has 132 valence electrons. The predicted octanol–water partition coefficient (Wildman–Crippen LogP) is 3.40. The summed E-state index contributed by atoms with van der Waals surface area (Å²) in [6, 6.07) is 13.7. The fourth-order valence-electron chi connectivity index (χ4n) is 2.09. The molecule has 0 bridgehead atoms. The highest BCUT2D eigenvalue weighted by atomic mass is 32.2. The number of nitrogens with one attached hydrogen (secondary N) is 1. The molecule has 0 fully saturated rings. The lowest BCUT2D eigenvalue weighted by Crippen LogP contribution is -2.19. The van der Waals surface area contributed by atoms with Crippen molar-refractivity contribution < 1.29 is 14.3 Å². The van der Waals surface area contributed by atoms with Crippen LogP contribution in [0.5, 0.6) is 11.5 Å². The maximum atomic E-state index is 11.9. The van der Waals surface area contributed by atoms with Crippen molar-refractivity contribution in [2.75, 3.05) is 20.0 Å². The molecule has 0 heterocycles. The number of hydrazone groups is 1. The van der Waals surface area contributed by atoms with Gasteiger partial charge in [0, 0.05) is 11.3 Å². The van der Waals surface area contributed by atoms with Crippen LogP contribution in [0.2, 0.25) is 0 Å². The number of rotatable bonds is 8. The minimum atomic E-state index is -0.143. The molecule has 2 aromatic rings. The van der Waals surface area contributed by atoms with Crippen LogP contribution in [0.15, 0.2) is 47.6 Å². The van der Waals surface area contributed by atoms with Gasteiger partial charge in [-0.05, 0) is 30.7 Å². The highest BCUT2D eigenvalue weighted by Crippen LogP contribution is 2.22. The first kappa shape index (κ1) is 18.9. The van der Waals surface area contributed by atoms with Crippen LogP contribution in [0.3, 0.4) is 0 Å². The molecular formula is C19H22N2O3S. The van der Waals surface area contributed by atoms with Gasteiger partial charge in [0.05, 0.1) is 26.2 Å². The van der Waals surface area contributed by atoms with E-state index in [2.05, 4.69) is 41.7 Å². The number of thioether (sulfide) groups is 1. The van der Waals surface area contributed by atoms with Gasteiger partial charge in [0.15, 0.2) is 0 Å². The fourth-order valence-corrected chi connectivity index (χ4v) is 2.87. The second-order valence-corrected chi connectivity index (χ2v) is 6.37. The molecule has 0 aromatic heterocycles. The largest absolute Gasteiger partial charge is 0.497 e. The molecule has 0 saturated carbocycles. The van der Waals surface area contributed by atoms with Crippen molar-refractivity contribution in [1.29, 1.82) is 0 Å². The number of amides is 1. The summed E-state index contributed by atoms with van der Waals surface area (Å²) in [5, 5.41) is 3.99. The Bertz CT molecular complexity index is 730. The van der Waals surface area contributed by atoms with Gasteiger partial charge in [-0.15, -0.1) is 11.8 Å². The van der Waals surface area contributed by atoms with Crippen LogP contribution in [-0.2, 0) is 10.5 Å². The molecule has 0 aliphatic rings. The number of ether oxygens (including phenoxy) is 2. The van der Waals surface area contributed by atoms with Crippen LogP contribution in [-0.4, -0.2) is 32.1 Å². The summed E-state index contributed by atoms with van der Waals surface area (Å²) >= 11 is 1.55. The molecule has 0 unspecified atom stereocenters. The zero-order valence-corrected chi connectivity index (χ0v) is 15.4. The van der Waals surface area contributed by atoms with Crippen molar-refractivity contribution >= 4 is 23.9 Å². The Balaban J connectivity index is 1.81. The molecule has 25 heavy (non-hydrogen) atoms. The van der Waals surface area contributed by atoms with Crippen molar-refractivity contribution in [3.05, 3.63) is 59.2 Å². The van der Waals surface area contributed by atoms with Crippen molar-refractivity contribution in [1.82, 2.24) is 5.43 Å². The van der Waals surface area contributed by atoms with Gasteiger partial charge in [-0.1, -0.05) is 29.8 Å². The third kappa shape index (κ3) is 6.15. The van der Waals surface area contributed by atoms with E-state index >= 15 is 0 Å². The van der Waals surface area contributed by atoms with Crippen LogP contribution < -0.4 is 14.9 Å². The van der Waals surface area contributed by atoms with E-state index in [9.17, 15) is 4.79 Å². The minimum absolute atomic E-state index is 0.143. The van der Waals surface area contributed by atoms with E-state index in [0.29, 0.717) is 17.3 Å². The van der Waals surface area contributed by atoms with E-state index in [1.165, 1.54) is 11.1 Å². The number of benzene rings is 2. The van der Waals surface area contributed by atoms with Gasteiger partial charge in [-0.25, -0.2) is 5.43 Å². The maximum absolute atomic E-state index is 11.9. The number of hydrogen-bond donors (Lipinski definition) is 1. The van der Waals surface area contributed by atoms with Crippen molar-refractivity contribution in [2.45, 2.75) is 12.7 Å². The monoisotopic (exact) mass is 358 g/mol. The van der Waals surface area contributed by atoms with Gasteiger partial charge in [0.1, 0.15) is 11.5 Å². The molecule has 5 nitrogen and oxygen atoms in total. The predicted molar refractivity (Wildman–Crippen MR) is 103 cm³/mol. The number of carbonyl (C=O) groups is 1. The number of aryl methyl sites for hydroxylation is 1. The van der Waals surface area contributed by atoms with E-state index in [4.69, 9.17) is 9.47 Å². The number of hydrogen-bond acceptors (Lipinski definition) is 5. The first-order chi connectivity index (χ1) is 12.1. The lowest BCUT2D eigenvalue weighted by atomic mass is 10.2. The highest BCUT2D eigenvalue weighted by molar-refractivity contribution is 7.99. The van der Waals surface area contributed by atoms with Gasteiger partial charge in [0.2, 0.25) is 5.91 Å². The Labute approximate surface area is 152 Å². The molecule has 0 aliphatic heterocycles. The van der Waals surface area contributed by atoms with Crippen LogP contribution in [0.1, 0.15) is 16.7 Å². The molecular weight excluding hydrogens is 336 g/mol. The first-order valence-electron chi connectivity index (χ1n) is 7.79.